The number of aliphatic imine (C=N–C) groups is 1. The van der Waals surface area contributed by atoms with Crippen molar-refractivity contribution in [3.05, 3.63) is 48.2 Å². The molecule has 1 fully saturated rings. The summed E-state index contributed by atoms with van der Waals surface area (Å²) in [5, 5.41) is 15.2. The monoisotopic (exact) mass is 439 g/mol. The fourth-order valence-electron chi connectivity index (χ4n) is 3.31. The number of likely N-dealkylation sites (tertiary alicyclic amines) is 1. The van der Waals surface area contributed by atoms with Crippen molar-refractivity contribution in [1.29, 1.82) is 0 Å². The smallest absolute Gasteiger partial charge is 0.262 e. The average molecular weight is 439 g/mol. The van der Waals surface area contributed by atoms with Crippen molar-refractivity contribution in [2.75, 3.05) is 23.7 Å². The minimum atomic E-state index is -0.508. The van der Waals surface area contributed by atoms with E-state index in [1.807, 2.05) is 0 Å². The highest BCUT2D eigenvalue weighted by Gasteiger charge is 2.33. The Bertz CT molecular complexity index is 1030. The summed E-state index contributed by atoms with van der Waals surface area (Å²) in [6, 6.07) is 9.28. The van der Waals surface area contributed by atoms with Crippen LogP contribution < -0.4 is 10.6 Å². The second kappa shape index (κ2) is 9.17. The summed E-state index contributed by atoms with van der Waals surface area (Å²) >= 11 is 1.35. The van der Waals surface area contributed by atoms with Crippen LogP contribution in [0.5, 0.6) is 5.75 Å². The lowest BCUT2D eigenvalue weighted by molar-refractivity contribution is -0.121. The van der Waals surface area contributed by atoms with Gasteiger partial charge in [0.2, 0.25) is 5.91 Å². The summed E-state index contributed by atoms with van der Waals surface area (Å²) < 4.78 is 0. The van der Waals surface area contributed by atoms with Gasteiger partial charge in [-0.15, -0.1) is 0 Å². The highest BCUT2D eigenvalue weighted by Crippen LogP contribution is 2.29. The molecule has 4 rings (SSSR count). The Morgan fingerprint density at radius 2 is 1.87 bits per heavy atom. The van der Waals surface area contributed by atoms with E-state index in [1.165, 1.54) is 24.0 Å². The number of aromatic hydroxyl groups is 1. The number of thioether (sulfide) groups is 1. The Balaban J connectivity index is 1.30. The molecule has 0 saturated carbocycles. The maximum absolute atomic E-state index is 12.4. The van der Waals surface area contributed by atoms with Gasteiger partial charge in [-0.2, -0.15) is 4.99 Å². The number of benzene rings is 1. The van der Waals surface area contributed by atoms with Crippen LogP contribution in [0, 0.1) is 0 Å². The molecular weight excluding hydrogens is 418 g/mol. The summed E-state index contributed by atoms with van der Waals surface area (Å²) in [5.74, 6) is -1.06. The third-order valence-corrected chi connectivity index (χ3v) is 6.14. The zero-order chi connectivity index (χ0) is 21.8. The van der Waals surface area contributed by atoms with Crippen LogP contribution in [0.25, 0.3) is 0 Å². The first kappa shape index (κ1) is 20.9. The van der Waals surface area contributed by atoms with E-state index < -0.39 is 11.2 Å². The quantitative estimate of drug-likeness (QED) is 0.654. The number of carbonyl (C=O) groups is 3. The van der Waals surface area contributed by atoms with Crippen molar-refractivity contribution in [2.24, 2.45) is 4.99 Å². The molecule has 3 heterocycles. The second-order valence-corrected chi connectivity index (χ2v) is 8.36. The number of hydrogen-bond donors (Lipinski definition) is 3. The standard InChI is InChI=1S/C21H21N5O4S/c27-15-4-3-9-22-18(15)24-19(29)13-5-7-14(8-6-13)23-17(28)12-16-20(30)25-21(31-16)26-10-1-2-11-26/h3-9,16,27H,1-2,10-12H2,(H,23,28)(H,22,24,29)/t16-/m0/s1. The molecule has 0 unspecified atom stereocenters. The molecule has 2 aliphatic heterocycles. The van der Waals surface area contributed by atoms with Crippen molar-refractivity contribution in [3.63, 3.8) is 0 Å². The van der Waals surface area contributed by atoms with Gasteiger partial charge in [-0.05, 0) is 49.2 Å². The summed E-state index contributed by atoms with van der Waals surface area (Å²) in [4.78, 5) is 46.9. The van der Waals surface area contributed by atoms with Crippen LogP contribution in [-0.4, -0.2) is 56.2 Å². The lowest BCUT2D eigenvalue weighted by Gasteiger charge is -2.16. The number of amidine groups is 1. The van der Waals surface area contributed by atoms with E-state index in [9.17, 15) is 19.5 Å². The Kier molecular flexibility index (Phi) is 6.17. The molecule has 2 aliphatic rings. The predicted molar refractivity (Wildman–Crippen MR) is 118 cm³/mol. The molecule has 10 heteroatoms. The third kappa shape index (κ3) is 5.02. The van der Waals surface area contributed by atoms with Crippen molar-refractivity contribution in [3.8, 4) is 5.75 Å². The normalized spacial score (nSPS) is 18.1. The maximum Gasteiger partial charge on any atom is 0.262 e. The molecular formula is C21H21N5O4S. The molecule has 1 atom stereocenters. The maximum atomic E-state index is 12.4. The van der Waals surface area contributed by atoms with Crippen LogP contribution in [0.15, 0.2) is 47.6 Å². The van der Waals surface area contributed by atoms with Gasteiger partial charge in [-0.25, -0.2) is 4.98 Å². The first-order valence-electron chi connectivity index (χ1n) is 9.89. The molecule has 0 bridgehead atoms. The van der Waals surface area contributed by atoms with Gasteiger partial charge in [0, 0.05) is 37.0 Å². The van der Waals surface area contributed by atoms with Gasteiger partial charge in [0.1, 0.15) is 5.25 Å². The molecule has 9 nitrogen and oxygen atoms in total. The molecule has 1 aromatic heterocycles. The Morgan fingerprint density at radius 3 is 2.58 bits per heavy atom. The van der Waals surface area contributed by atoms with E-state index in [4.69, 9.17) is 0 Å². The van der Waals surface area contributed by atoms with Crippen LogP contribution >= 0.6 is 11.8 Å². The molecule has 0 aliphatic carbocycles. The fourth-order valence-corrected chi connectivity index (χ4v) is 4.43. The van der Waals surface area contributed by atoms with Gasteiger partial charge in [-0.1, -0.05) is 11.8 Å². The van der Waals surface area contributed by atoms with Gasteiger partial charge < -0.3 is 20.6 Å². The van der Waals surface area contributed by atoms with Crippen LogP contribution in [0.4, 0.5) is 11.5 Å². The molecule has 3 N–H and O–H groups in total. The minimum Gasteiger partial charge on any atom is -0.504 e. The van der Waals surface area contributed by atoms with Crippen molar-refractivity contribution in [1.82, 2.24) is 9.88 Å². The lowest BCUT2D eigenvalue weighted by Crippen LogP contribution is -2.25. The number of nitrogens with one attached hydrogen (secondary N) is 2. The number of carbonyl (C=O) groups excluding carboxylic acids is 3. The topological polar surface area (TPSA) is 124 Å². The number of amides is 3. The van der Waals surface area contributed by atoms with Gasteiger partial charge in [0.15, 0.2) is 16.7 Å². The Hall–Kier alpha value is -3.40. The third-order valence-electron chi connectivity index (χ3n) is 4.93. The number of pyridine rings is 1. The molecule has 0 radical (unpaired) electrons. The second-order valence-electron chi connectivity index (χ2n) is 7.19. The molecule has 160 valence electrons. The van der Waals surface area contributed by atoms with Crippen LogP contribution in [0.3, 0.4) is 0 Å². The number of aromatic nitrogens is 1. The van der Waals surface area contributed by atoms with E-state index >= 15 is 0 Å². The van der Waals surface area contributed by atoms with E-state index in [2.05, 4.69) is 25.5 Å². The average Bonchev–Trinajstić information content (AvgIpc) is 3.40. The lowest BCUT2D eigenvalue weighted by atomic mass is 10.2. The van der Waals surface area contributed by atoms with Crippen molar-refractivity contribution < 1.29 is 19.5 Å². The number of anilines is 2. The number of nitrogens with zero attached hydrogens (tertiary/aromatic N) is 3. The van der Waals surface area contributed by atoms with E-state index in [1.54, 1.807) is 30.3 Å². The predicted octanol–water partition coefficient (Wildman–Crippen LogP) is 2.46. The van der Waals surface area contributed by atoms with Gasteiger partial charge in [0.05, 0.1) is 0 Å². The Labute approximate surface area is 183 Å². The van der Waals surface area contributed by atoms with Gasteiger partial charge in [-0.3, -0.25) is 14.4 Å². The fraction of sp³-hybridized carbons (Fsp3) is 0.286. The summed E-state index contributed by atoms with van der Waals surface area (Å²) in [6.07, 6.45) is 3.68. The minimum absolute atomic E-state index is 0.0333. The number of rotatable bonds is 5. The molecule has 1 saturated heterocycles. The molecule has 1 aromatic carbocycles. The highest BCUT2D eigenvalue weighted by molar-refractivity contribution is 8.15. The van der Waals surface area contributed by atoms with E-state index in [-0.39, 0.29) is 29.8 Å². The zero-order valence-corrected chi connectivity index (χ0v) is 17.4. The largest absolute Gasteiger partial charge is 0.504 e. The van der Waals surface area contributed by atoms with Crippen LogP contribution in [0.2, 0.25) is 0 Å². The summed E-state index contributed by atoms with van der Waals surface area (Å²) in [7, 11) is 0. The number of hydrogen-bond acceptors (Lipinski definition) is 7. The first-order valence-corrected chi connectivity index (χ1v) is 10.8. The van der Waals surface area contributed by atoms with E-state index in [0.29, 0.717) is 11.3 Å². The van der Waals surface area contributed by atoms with Gasteiger partial charge in [0.25, 0.3) is 11.8 Å². The van der Waals surface area contributed by atoms with Crippen LogP contribution in [0.1, 0.15) is 29.6 Å². The SMILES string of the molecule is O=C(C[C@@H]1SC(N2CCCC2)=NC1=O)Nc1ccc(C(=O)Nc2ncccc2O)cc1. The molecule has 3 amide bonds. The highest BCUT2D eigenvalue weighted by atomic mass is 32.2. The Morgan fingerprint density at radius 1 is 1.13 bits per heavy atom. The van der Waals surface area contributed by atoms with Gasteiger partial charge >= 0.3 is 0 Å². The molecule has 2 aromatic rings. The molecule has 31 heavy (non-hydrogen) atoms. The summed E-state index contributed by atoms with van der Waals surface area (Å²) in [5.41, 5.74) is 0.853. The first-order chi connectivity index (χ1) is 15.0. The zero-order valence-electron chi connectivity index (χ0n) is 16.6. The summed E-state index contributed by atoms with van der Waals surface area (Å²) in [6.45, 7) is 1.80. The molecule has 0 spiro atoms. The van der Waals surface area contributed by atoms with Crippen LogP contribution in [-0.2, 0) is 9.59 Å². The van der Waals surface area contributed by atoms with Crippen molar-refractivity contribution in [2.45, 2.75) is 24.5 Å². The van der Waals surface area contributed by atoms with E-state index in [0.717, 1.165) is 31.1 Å². The van der Waals surface area contributed by atoms with Crippen molar-refractivity contribution >= 4 is 46.2 Å².